The zero-order chi connectivity index (χ0) is 24.0. The molecule has 2 aromatic carbocycles. The number of hydrogen-bond acceptors (Lipinski definition) is 5. The molecule has 2 aliphatic rings. The summed E-state index contributed by atoms with van der Waals surface area (Å²) < 4.78 is 45.9. The molecule has 10 heteroatoms. The van der Waals surface area contributed by atoms with E-state index < -0.39 is 11.7 Å². The van der Waals surface area contributed by atoms with E-state index in [-0.39, 0.29) is 24.8 Å². The third-order valence-electron chi connectivity index (χ3n) is 6.47. The number of unbranched alkanes of at least 4 members (excludes halogenated alkanes) is 1. The molecule has 2 aliphatic heterocycles. The van der Waals surface area contributed by atoms with Gasteiger partial charge in [0.2, 0.25) is 0 Å². The van der Waals surface area contributed by atoms with Crippen molar-refractivity contribution in [2.45, 2.75) is 42.2 Å². The lowest BCUT2D eigenvalue weighted by Crippen LogP contribution is -2.47. The molecule has 1 saturated heterocycles. The van der Waals surface area contributed by atoms with Crippen LogP contribution < -0.4 is 4.90 Å². The first kappa shape index (κ1) is 31.1. The lowest BCUT2D eigenvalue weighted by atomic mass is 10.1. The first-order valence-electron chi connectivity index (χ1n) is 12.2. The van der Waals surface area contributed by atoms with Crippen LogP contribution in [0.25, 0.3) is 0 Å². The predicted octanol–water partition coefficient (Wildman–Crippen LogP) is 6.98. The summed E-state index contributed by atoms with van der Waals surface area (Å²) in [7, 11) is 0. The minimum atomic E-state index is -4.34. The van der Waals surface area contributed by atoms with Gasteiger partial charge in [0.05, 0.1) is 23.5 Å². The molecule has 2 heterocycles. The highest BCUT2D eigenvalue weighted by Gasteiger charge is 2.33. The Bertz CT molecular complexity index is 943. The number of alkyl halides is 3. The molecule has 0 radical (unpaired) electrons. The number of piperazine rings is 1. The molecule has 0 amide bonds. The van der Waals surface area contributed by atoms with Gasteiger partial charge in [-0.3, -0.25) is 4.90 Å². The number of rotatable bonds is 10. The Morgan fingerprint density at radius 2 is 1.47 bits per heavy atom. The maximum atomic E-state index is 13.4. The molecular weight excluding hydrogens is 530 g/mol. The minimum absolute atomic E-state index is 0. The Balaban J connectivity index is 0.00000228. The number of benzene rings is 2. The van der Waals surface area contributed by atoms with Gasteiger partial charge in [0.15, 0.2) is 0 Å². The Hall–Kier alpha value is -1.16. The van der Waals surface area contributed by atoms with Gasteiger partial charge in [-0.05, 0) is 49.7 Å². The number of ether oxygens (including phenoxy) is 1. The molecule has 2 aromatic rings. The molecule has 0 aromatic heterocycles. The molecule has 36 heavy (non-hydrogen) atoms. The van der Waals surface area contributed by atoms with E-state index in [1.807, 2.05) is 24.3 Å². The summed E-state index contributed by atoms with van der Waals surface area (Å²) in [5.41, 5.74) is 1.06. The van der Waals surface area contributed by atoms with Crippen molar-refractivity contribution < 1.29 is 17.9 Å². The van der Waals surface area contributed by atoms with Crippen LogP contribution in [0.4, 0.5) is 24.5 Å². The summed E-state index contributed by atoms with van der Waals surface area (Å²) in [4.78, 5) is 8.95. The monoisotopic (exact) mass is 565 g/mol. The van der Waals surface area contributed by atoms with Gasteiger partial charge in [0.25, 0.3) is 0 Å². The van der Waals surface area contributed by atoms with Gasteiger partial charge in [0.1, 0.15) is 0 Å². The zero-order valence-electron chi connectivity index (χ0n) is 20.6. The number of halogens is 5. The third-order valence-corrected chi connectivity index (χ3v) is 7.60. The van der Waals surface area contributed by atoms with E-state index in [4.69, 9.17) is 4.74 Å². The molecule has 4 nitrogen and oxygen atoms in total. The van der Waals surface area contributed by atoms with Crippen LogP contribution >= 0.6 is 36.6 Å². The van der Waals surface area contributed by atoms with E-state index in [1.165, 1.54) is 12.1 Å². The van der Waals surface area contributed by atoms with Crippen molar-refractivity contribution in [2.24, 2.45) is 0 Å². The fourth-order valence-corrected chi connectivity index (χ4v) is 5.55. The largest absolute Gasteiger partial charge is 0.416 e. The number of anilines is 2. The average molecular weight is 567 g/mol. The van der Waals surface area contributed by atoms with E-state index in [1.54, 1.807) is 17.8 Å². The Morgan fingerprint density at radius 1 is 0.806 bits per heavy atom. The van der Waals surface area contributed by atoms with E-state index in [9.17, 15) is 13.2 Å². The number of nitrogens with zero attached hydrogens (tertiary/aromatic N) is 3. The van der Waals surface area contributed by atoms with Gasteiger partial charge in [-0.2, -0.15) is 13.2 Å². The predicted molar refractivity (Wildman–Crippen MR) is 147 cm³/mol. The lowest BCUT2D eigenvalue weighted by Gasteiger charge is -2.36. The highest BCUT2D eigenvalue weighted by molar-refractivity contribution is 7.99. The second-order valence-electron chi connectivity index (χ2n) is 8.90. The summed E-state index contributed by atoms with van der Waals surface area (Å²) in [5.74, 6) is 0. The molecule has 0 saturated carbocycles. The highest BCUT2D eigenvalue weighted by Crippen LogP contribution is 2.49. The molecular formula is C26H36Cl2F3N3OS. The third kappa shape index (κ3) is 8.17. The van der Waals surface area contributed by atoms with Crippen LogP contribution in [0.5, 0.6) is 0 Å². The maximum absolute atomic E-state index is 13.4. The fraction of sp³-hybridized carbons (Fsp3) is 0.538. The van der Waals surface area contributed by atoms with Crippen molar-refractivity contribution in [3.05, 3.63) is 48.0 Å². The van der Waals surface area contributed by atoms with Gasteiger partial charge >= 0.3 is 6.18 Å². The molecule has 0 atom stereocenters. The fourth-order valence-electron chi connectivity index (χ4n) is 4.48. The molecule has 202 valence electrons. The lowest BCUT2D eigenvalue weighted by molar-refractivity contribution is -0.137. The molecule has 4 rings (SSSR count). The normalized spacial score (nSPS) is 16.1. The van der Waals surface area contributed by atoms with Gasteiger partial charge in [0, 0.05) is 55.7 Å². The van der Waals surface area contributed by atoms with Gasteiger partial charge in [-0.15, -0.1) is 24.8 Å². The smallest absolute Gasteiger partial charge is 0.380 e. The van der Waals surface area contributed by atoms with Gasteiger partial charge < -0.3 is 14.5 Å². The van der Waals surface area contributed by atoms with Crippen molar-refractivity contribution in [2.75, 3.05) is 63.9 Å². The summed E-state index contributed by atoms with van der Waals surface area (Å²) >= 11 is 1.54. The zero-order valence-corrected chi connectivity index (χ0v) is 23.1. The second kappa shape index (κ2) is 14.7. The Morgan fingerprint density at radius 3 is 2.17 bits per heavy atom. The topological polar surface area (TPSA) is 19.0 Å². The van der Waals surface area contributed by atoms with Crippen LogP contribution in [0.1, 0.15) is 31.7 Å². The standard InChI is InChI=1S/C26H34F3N3OS.2ClH/c1-2-3-18-33-19-17-31-15-13-30(14-16-31)11-6-12-32-22-7-4-5-8-24(22)34-25-10-9-21(20-23(25)32)26(27,28)29;;/h4-5,7-10,20H,2-3,6,11-19H2,1H3;2*1H. The van der Waals surface area contributed by atoms with Crippen molar-refractivity contribution in [1.82, 2.24) is 9.80 Å². The van der Waals surface area contributed by atoms with Crippen LogP contribution in [-0.4, -0.2) is 68.8 Å². The SMILES string of the molecule is CCCCOCCN1CCN(CCCN2c3ccccc3Sc3ccc(C(F)(F)F)cc32)CC1.Cl.Cl. The van der Waals surface area contributed by atoms with E-state index in [2.05, 4.69) is 21.6 Å². The van der Waals surface area contributed by atoms with E-state index in [0.29, 0.717) is 12.2 Å². The highest BCUT2D eigenvalue weighted by atomic mass is 35.5. The van der Waals surface area contributed by atoms with E-state index in [0.717, 1.165) is 87.2 Å². The van der Waals surface area contributed by atoms with E-state index >= 15 is 0 Å². The van der Waals surface area contributed by atoms with Crippen LogP contribution in [0.3, 0.4) is 0 Å². The molecule has 0 bridgehead atoms. The van der Waals surface area contributed by atoms with Crippen molar-refractivity contribution in [1.29, 1.82) is 0 Å². The number of hydrogen-bond donors (Lipinski definition) is 0. The van der Waals surface area contributed by atoms with Crippen LogP contribution in [-0.2, 0) is 10.9 Å². The Labute approximate surface area is 229 Å². The van der Waals surface area contributed by atoms with Gasteiger partial charge in [-0.1, -0.05) is 37.2 Å². The van der Waals surface area contributed by atoms with Crippen LogP contribution in [0, 0.1) is 0 Å². The summed E-state index contributed by atoms with van der Waals surface area (Å²) in [5, 5.41) is 0. The van der Waals surface area contributed by atoms with Gasteiger partial charge in [-0.25, -0.2) is 0 Å². The maximum Gasteiger partial charge on any atom is 0.416 e. The Kier molecular flexibility index (Phi) is 12.7. The van der Waals surface area contributed by atoms with Crippen molar-refractivity contribution >= 4 is 48.0 Å². The molecule has 0 spiro atoms. The summed E-state index contributed by atoms with van der Waals surface area (Å²) in [6.07, 6.45) is -1.16. The second-order valence-corrected chi connectivity index (χ2v) is 9.99. The van der Waals surface area contributed by atoms with Crippen LogP contribution in [0.15, 0.2) is 52.3 Å². The summed E-state index contributed by atoms with van der Waals surface area (Å²) in [6, 6.07) is 12.1. The van der Waals surface area contributed by atoms with Crippen molar-refractivity contribution in [3.63, 3.8) is 0 Å². The summed E-state index contributed by atoms with van der Waals surface area (Å²) in [6.45, 7) is 10.6. The molecule has 1 fully saturated rings. The quantitative estimate of drug-likeness (QED) is 0.288. The minimum Gasteiger partial charge on any atom is -0.380 e. The first-order chi connectivity index (χ1) is 16.5. The molecule has 0 unspecified atom stereocenters. The first-order valence-corrected chi connectivity index (χ1v) is 13.1. The number of fused-ring (bicyclic) bond motifs is 2. The molecule has 0 aliphatic carbocycles. The number of para-hydroxylation sites is 1. The molecule has 0 N–H and O–H groups in total. The average Bonchev–Trinajstić information content (AvgIpc) is 2.83. The van der Waals surface area contributed by atoms with Crippen molar-refractivity contribution in [3.8, 4) is 0 Å². The van der Waals surface area contributed by atoms with Crippen LogP contribution in [0.2, 0.25) is 0 Å².